The summed E-state index contributed by atoms with van der Waals surface area (Å²) in [4.78, 5) is 0. The van der Waals surface area contributed by atoms with Crippen LogP contribution in [0.15, 0.2) is 0 Å². The molecule has 1 rings (SSSR count). The van der Waals surface area contributed by atoms with Gasteiger partial charge in [0.1, 0.15) is 0 Å². The first kappa shape index (κ1) is 10.5. The molecule has 3 nitrogen and oxygen atoms in total. The van der Waals surface area contributed by atoms with Gasteiger partial charge < -0.3 is 15.4 Å². The molecule has 1 N–H and O–H groups in total. The number of aliphatic hydroxyl groups is 1. The minimum Gasteiger partial charge on any atom is -0.785 e. The summed E-state index contributed by atoms with van der Waals surface area (Å²) in [6.07, 6.45) is 1.06. The summed E-state index contributed by atoms with van der Waals surface area (Å²) in [5.41, 5.74) is 0. The van der Waals surface area contributed by atoms with Crippen LogP contribution in [0.1, 0.15) is 12.8 Å². The minimum atomic E-state index is -0.222. The van der Waals surface area contributed by atoms with Crippen molar-refractivity contribution in [1.29, 1.82) is 0 Å². The van der Waals surface area contributed by atoms with E-state index in [-0.39, 0.29) is 57.5 Å². The smallest absolute Gasteiger partial charge is 0.785 e. The Kier molecular flexibility index (Phi) is 6.08. The van der Waals surface area contributed by atoms with Gasteiger partial charge in [-0.25, -0.2) is 0 Å². The van der Waals surface area contributed by atoms with Crippen molar-refractivity contribution >= 4 is 0 Å². The fraction of sp³-hybridized carbons (Fsp3) is 1.00. The predicted molar refractivity (Wildman–Crippen MR) is 30.2 cm³/mol. The third kappa shape index (κ3) is 4.05. The van der Waals surface area contributed by atoms with Gasteiger partial charge in [0.05, 0.1) is 6.10 Å². The van der Waals surface area contributed by atoms with Crippen LogP contribution in [0.25, 0.3) is 0 Å². The van der Waals surface area contributed by atoms with Crippen LogP contribution in [0.2, 0.25) is 0 Å². The van der Waals surface area contributed by atoms with Gasteiger partial charge in [0, 0.05) is 0 Å². The Balaban J connectivity index is 0.000000640. The van der Waals surface area contributed by atoms with Crippen molar-refractivity contribution in [2.75, 3.05) is 13.1 Å². The molecule has 9 heavy (non-hydrogen) atoms. The molecule has 4 heteroatoms. The van der Waals surface area contributed by atoms with Gasteiger partial charge in [0.25, 0.3) is 0 Å². The number of hydrogen-bond donors (Lipinski definition) is 1. The van der Waals surface area contributed by atoms with Crippen molar-refractivity contribution < 1.29 is 56.5 Å². The van der Waals surface area contributed by atoms with Gasteiger partial charge in [-0.3, -0.25) is 0 Å². The summed E-state index contributed by atoms with van der Waals surface area (Å²) in [7, 11) is 0. The molecule has 0 aromatic rings. The van der Waals surface area contributed by atoms with Crippen LogP contribution >= 0.6 is 0 Å². The average molecular weight is 155 g/mol. The molecular formula is C5H10KNO2. The number of rotatable bonds is 0. The molecule has 0 atom stereocenters. The summed E-state index contributed by atoms with van der Waals surface area (Å²) in [6, 6.07) is 0. The first-order chi connectivity index (χ1) is 3.79. The second-order valence-corrected chi connectivity index (χ2v) is 2.16. The van der Waals surface area contributed by atoms with Crippen molar-refractivity contribution in [3.63, 3.8) is 0 Å². The largest absolute Gasteiger partial charge is 1.00 e. The van der Waals surface area contributed by atoms with E-state index in [2.05, 4.69) is 0 Å². The van der Waals surface area contributed by atoms with E-state index in [4.69, 9.17) is 5.11 Å². The van der Waals surface area contributed by atoms with Crippen LogP contribution in [0.4, 0.5) is 0 Å². The number of hydroxylamine groups is 2. The Morgan fingerprint density at radius 3 is 2.11 bits per heavy atom. The molecule has 0 unspecified atom stereocenters. The molecule has 0 spiro atoms. The molecule has 1 fully saturated rings. The van der Waals surface area contributed by atoms with Crippen LogP contribution in [0.3, 0.4) is 0 Å². The topological polar surface area (TPSA) is 46.5 Å². The molecule has 0 aromatic heterocycles. The van der Waals surface area contributed by atoms with E-state index >= 15 is 0 Å². The van der Waals surface area contributed by atoms with E-state index in [0.29, 0.717) is 25.9 Å². The Bertz CT molecular complexity index is 63.4. The molecular weight excluding hydrogens is 145 g/mol. The maximum absolute atomic E-state index is 10.4. The zero-order valence-corrected chi connectivity index (χ0v) is 8.83. The van der Waals surface area contributed by atoms with E-state index in [1.54, 1.807) is 0 Å². The maximum atomic E-state index is 10.4. The van der Waals surface area contributed by atoms with Gasteiger partial charge >= 0.3 is 51.4 Å². The van der Waals surface area contributed by atoms with Crippen LogP contribution in [0, 0.1) is 5.21 Å². The third-order valence-corrected chi connectivity index (χ3v) is 1.42. The Hall–Kier alpha value is 1.52. The number of piperidine rings is 1. The third-order valence-electron chi connectivity index (χ3n) is 1.42. The van der Waals surface area contributed by atoms with Crippen molar-refractivity contribution in [2.24, 2.45) is 0 Å². The second kappa shape index (κ2) is 5.20. The fourth-order valence-corrected chi connectivity index (χ4v) is 0.842. The van der Waals surface area contributed by atoms with Crippen LogP contribution < -0.4 is 51.4 Å². The Morgan fingerprint density at radius 2 is 1.78 bits per heavy atom. The van der Waals surface area contributed by atoms with Crippen LogP contribution in [-0.4, -0.2) is 29.4 Å². The molecule has 1 heterocycles. The standard InChI is InChI=1S/C5H10NO2.K/c7-5-1-3-6(8)4-2-5;/h5,7H,1-4H2;/q-1;+1. The maximum Gasteiger partial charge on any atom is 1.00 e. The minimum absolute atomic E-state index is 0. The Labute approximate surface area is 97.4 Å². The van der Waals surface area contributed by atoms with Gasteiger partial charge in [0.2, 0.25) is 0 Å². The first-order valence-electron chi connectivity index (χ1n) is 2.89. The van der Waals surface area contributed by atoms with Gasteiger partial charge in [-0.1, -0.05) is 0 Å². The van der Waals surface area contributed by atoms with Crippen molar-refractivity contribution in [1.82, 2.24) is 5.06 Å². The van der Waals surface area contributed by atoms with Crippen LogP contribution in [0.5, 0.6) is 0 Å². The summed E-state index contributed by atoms with van der Waals surface area (Å²) in [6.45, 7) is 1.00. The van der Waals surface area contributed by atoms with Gasteiger partial charge in [-0.05, 0) is 25.9 Å². The van der Waals surface area contributed by atoms with E-state index in [1.165, 1.54) is 0 Å². The molecule has 1 saturated heterocycles. The van der Waals surface area contributed by atoms with Crippen LogP contribution in [-0.2, 0) is 0 Å². The van der Waals surface area contributed by atoms with E-state index in [1.807, 2.05) is 0 Å². The zero-order valence-electron chi connectivity index (χ0n) is 5.71. The number of hydrogen-bond acceptors (Lipinski definition) is 3. The fourth-order valence-electron chi connectivity index (χ4n) is 0.842. The first-order valence-corrected chi connectivity index (χ1v) is 2.89. The molecule has 0 aliphatic carbocycles. The van der Waals surface area contributed by atoms with E-state index in [0.717, 1.165) is 5.06 Å². The van der Waals surface area contributed by atoms with Crippen molar-refractivity contribution in [3.8, 4) is 0 Å². The molecule has 1 aliphatic rings. The molecule has 0 bridgehead atoms. The monoisotopic (exact) mass is 155 g/mol. The molecule has 0 amide bonds. The molecule has 0 aromatic carbocycles. The second-order valence-electron chi connectivity index (χ2n) is 2.16. The quantitative estimate of drug-likeness (QED) is 0.378. The molecule has 48 valence electrons. The van der Waals surface area contributed by atoms with Gasteiger partial charge in [-0.15, -0.1) is 0 Å². The average Bonchev–Trinajstić information content (AvgIpc) is 1.77. The summed E-state index contributed by atoms with van der Waals surface area (Å²) in [5, 5.41) is 20.3. The molecule has 1 aliphatic heterocycles. The summed E-state index contributed by atoms with van der Waals surface area (Å²) in [5.74, 6) is 0. The van der Waals surface area contributed by atoms with E-state index in [9.17, 15) is 5.21 Å². The molecule has 0 radical (unpaired) electrons. The number of nitrogens with zero attached hydrogens (tertiary/aromatic N) is 1. The normalized spacial score (nSPS) is 23.3. The Morgan fingerprint density at radius 1 is 1.33 bits per heavy atom. The SMILES string of the molecule is [K+].[O-]N1CCC(O)CC1. The van der Waals surface area contributed by atoms with Crippen molar-refractivity contribution in [2.45, 2.75) is 18.9 Å². The predicted octanol–water partition coefficient (Wildman–Crippen LogP) is -3.06. The molecule has 0 saturated carbocycles. The number of aliphatic hydroxyl groups excluding tert-OH is 1. The van der Waals surface area contributed by atoms with Gasteiger partial charge in [-0.2, -0.15) is 0 Å². The zero-order chi connectivity index (χ0) is 5.98. The van der Waals surface area contributed by atoms with Gasteiger partial charge in [0.15, 0.2) is 0 Å². The summed E-state index contributed by atoms with van der Waals surface area (Å²) < 4.78 is 0. The van der Waals surface area contributed by atoms with E-state index < -0.39 is 0 Å². The summed E-state index contributed by atoms with van der Waals surface area (Å²) >= 11 is 0. The van der Waals surface area contributed by atoms with Crippen molar-refractivity contribution in [3.05, 3.63) is 5.21 Å².